The number of hydrogen-bond acceptors (Lipinski definition) is 3. The molecule has 0 amide bonds. The van der Waals surface area contributed by atoms with Gasteiger partial charge in [-0.15, -0.1) is 11.6 Å². The number of rotatable bonds is 4. The van der Waals surface area contributed by atoms with Crippen LogP contribution in [0.1, 0.15) is 10.4 Å². The molecular formula is C14H11ClO3. The first kappa shape index (κ1) is 12.6. The molecular weight excluding hydrogens is 252 g/mol. The molecule has 0 N–H and O–H groups in total. The van der Waals surface area contributed by atoms with Crippen LogP contribution in [0.2, 0.25) is 0 Å². The molecule has 0 heterocycles. The normalized spacial score (nSPS) is 10.3. The van der Waals surface area contributed by atoms with E-state index in [-0.39, 0.29) is 5.88 Å². The summed E-state index contributed by atoms with van der Waals surface area (Å²) >= 11 is 5.37. The Bertz CT molecular complexity index is 619. The molecule has 0 fully saturated rings. The van der Waals surface area contributed by atoms with Gasteiger partial charge in [0.1, 0.15) is 5.75 Å². The third kappa shape index (κ3) is 2.36. The highest BCUT2D eigenvalue weighted by molar-refractivity contribution is 6.51. The van der Waals surface area contributed by atoms with E-state index in [4.69, 9.17) is 16.3 Å². The van der Waals surface area contributed by atoms with Gasteiger partial charge in [-0.05, 0) is 29.0 Å². The number of fused-ring (bicyclic) bond motifs is 1. The molecule has 3 nitrogen and oxygen atoms in total. The Morgan fingerprint density at radius 2 is 1.78 bits per heavy atom. The van der Waals surface area contributed by atoms with Crippen LogP contribution in [-0.4, -0.2) is 24.6 Å². The van der Waals surface area contributed by atoms with Gasteiger partial charge in [-0.2, -0.15) is 0 Å². The first-order valence-corrected chi connectivity index (χ1v) is 5.90. The molecule has 0 bridgehead atoms. The van der Waals surface area contributed by atoms with E-state index < -0.39 is 11.6 Å². The van der Waals surface area contributed by atoms with E-state index in [9.17, 15) is 9.59 Å². The van der Waals surface area contributed by atoms with E-state index in [0.717, 1.165) is 16.5 Å². The third-order valence-corrected chi connectivity index (χ3v) is 2.93. The minimum Gasteiger partial charge on any atom is -0.497 e. The lowest BCUT2D eigenvalue weighted by atomic mass is 10.0. The van der Waals surface area contributed by atoms with Crippen LogP contribution in [-0.2, 0) is 4.79 Å². The predicted octanol–water partition coefficient (Wildman–Crippen LogP) is 2.84. The van der Waals surface area contributed by atoms with Crippen molar-refractivity contribution >= 4 is 33.9 Å². The highest BCUT2D eigenvalue weighted by atomic mass is 35.5. The van der Waals surface area contributed by atoms with E-state index in [1.165, 1.54) is 0 Å². The molecule has 2 rings (SSSR count). The monoisotopic (exact) mass is 262 g/mol. The maximum Gasteiger partial charge on any atom is 0.229 e. The summed E-state index contributed by atoms with van der Waals surface area (Å²) < 4.78 is 5.12. The number of hydrogen-bond donors (Lipinski definition) is 0. The van der Waals surface area contributed by atoms with Crippen molar-refractivity contribution in [2.24, 2.45) is 0 Å². The van der Waals surface area contributed by atoms with Crippen molar-refractivity contribution in [2.75, 3.05) is 13.0 Å². The van der Waals surface area contributed by atoms with Crippen LogP contribution in [0.3, 0.4) is 0 Å². The first-order valence-electron chi connectivity index (χ1n) is 5.37. The van der Waals surface area contributed by atoms with Crippen LogP contribution >= 0.6 is 11.6 Å². The first-order chi connectivity index (χ1) is 8.65. The van der Waals surface area contributed by atoms with Crippen molar-refractivity contribution < 1.29 is 14.3 Å². The molecule has 4 heteroatoms. The molecule has 0 aliphatic heterocycles. The smallest absolute Gasteiger partial charge is 0.229 e. The number of ketones is 2. The SMILES string of the molecule is COc1ccc2cc(C(=O)C(=O)CCl)ccc2c1. The standard InChI is InChI=1S/C14H11ClO3/c1-18-12-5-4-9-6-11(3-2-10(9)7-12)14(17)13(16)8-15/h2-7H,8H2,1H3. The topological polar surface area (TPSA) is 43.4 Å². The van der Waals surface area contributed by atoms with E-state index in [1.807, 2.05) is 12.1 Å². The largest absolute Gasteiger partial charge is 0.497 e. The van der Waals surface area contributed by atoms with Crippen LogP contribution in [0.4, 0.5) is 0 Å². The molecule has 0 radical (unpaired) electrons. The zero-order valence-corrected chi connectivity index (χ0v) is 10.5. The molecule has 0 unspecified atom stereocenters. The summed E-state index contributed by atoms with van der Waals surface area (Å²) in [5, 5.41) is 1.83. The summed E-state index contributed by atoms with van der Waals surface area (Å²) in [7, 11) is 1.60. The molecule has 0 spiro atoms. The number of benzene rings is 2. The second kappa shape index (κ2) is 5.19. The van der Waals surface area contributed by atoms with Crippen LogP contribution < -0.4 is 4.74 Å². The molecule has 92 valence electrons. The number of alkyl halides is 1. The van der Waals surface area contributed by atoms with Crippen LogP contribution in [0.5, 0.6) is 5.75 Å². The number of ether oxygens (including phenoxy) is 1. The Hall–Kier alpha value is -1.87. The molecule has 0 atom stereocenters. The minimum absolute atomic E-state index is 0.292. The highest BCUT2D eigenvalue weighted by Gasteiger charge is 2.15. The molecule has 0 aliphatic carbocycles. The average Bonchev–Trinajstić information content (AvgIpc) is 2.44. The number of carbonyl (C=O) groups excluding carboxylic acids is 2. The lowest BCUT2D eigenvalue weighted by molar-refractivity contribution is -0.112. The average molecular weight is 263 g/mol. The molecule has 2 aromatic carbocycles. The van der Waals surface area contributed by atoms with E-state index in [1.54, 1.807) is 31.4 Å². The molecule has 0 aliphatic rings. The second-order valence-corrected chi connectivity index (χ2v) is 4.08. The van der Waals surface area contributed by atoms with Gasteiger partial charge >= 0.3 is 0 Å². The van der Waals surface area contributed by atoms with Crippen molar-refractivity contribution in [3.63, 3.8) is 0 Å². The van der Waals surface area contributed by atoms with Gasteiger partial charge in [-0.3, -0.25) is 9.59 Å². The lowest BCUT2D eigenvalue weighted by Gasteiger charge is -2.04. The Morgan fingerprint density at radius 1 is 1.11 bits per heavy atom. The number of Topliss-reactive ketones (excluding diaryl/α,β-unsaturated/α-hetero) is 2. The third-order valence-electron chi connectivity index (χ3n) is 2.68. The van der Waals surface area contributed by atoms with Gasteiger partial charge < -0.3 is 4.74 Å². The number of methoxy groups -OCH3 is 1. The van der Waals surface area contributed by atoms with Crippen molar-refractivity contribution in [1.29, 1.82) is 0 Å². The fourth-order valence-corrected chi connectivity index (χ4v) is 1.84. The zero-order valence-electron chi connectivity index (χ0n) is 9.77. The quantitative estimate of drug-likeness (QED) is 0.483. The van der Waals surface area contributed by atoms with Gasteiger partial charge in [0.15, 0.2) is 0 Å². The Kier molecular flexibility index (Phi) is 3.63. The summed E-state index contributed by atoms with van der Waals surface area (Å²) in [6, 6.07) is 10.6. The van der Waals surface area contributed by atoms with E-state index in [0.29, 0.717) is 5.56 Å². The molecule has 0 saturated carbocycles. The van der Waals surface area contributed by atoms with Gasteiger partial charge in [-0.25, -0.2) is 0 Å². The Labute approximate surface area is 109 Å². The van der Waals surface area contributed by atoms with Gasteiger partial charge in [0, 0.05) is 5.56 Å². The predicted molar refractivity (Wildman–Crippen MR) is 70.6 cm³/mol. The van der Waals surface area contributed by atoms with Crippen molar-refractivity contribution in [3.05, 3.63) is 42.0 Å². The van der Waals surface area contributed by atoms with Crippen LogP contribution in [0, 0.1) is 0 Å². The number of halogens is 1. The summed E-state index contributed by atoms with van der Waals surface area (Å²) in [6.07, 6.45) is 0. The lowest BCUT2D eigenvalue weighted by Crippen LogP contribution is -2.15. The maximum absolute atomic E-state index is 11.7. The summed E-state index contributed by atoms with van der Waals surface area (Å²) in [5.74, 6) is -0.690. The van der Waals surface area contributed by atoms with E-state index >= 15 is 0 Å². The highest BCUT2D eigenvalue weighted by Crippen LogP contribution is 2.22. The summed E-state index contributed by atoms with van der Waals surface area (Å²) in [6.45, 7) is 0. The fraction of sp³-hybridized carbons (Fsp3) is 0.143. The van der Waals surface area contributed by atoms with Crippen LogP contribution in [0.25, 0.3) is 10.8 Å². The second-order valence-electron chi connectivity index (χ2n) is 3.81. The Balaban J connectivity index is 2.45. The molecule has 0 aromatic heterocycles. The van der Waals surface area contributed by atoms with Crippen LogP contribution in [0.15, 0.2) is 36.4 Å². The summed E-state index contributed by atoms with van der Waals surface area (Å²) in [5.41, 5.74) is 0.360. The fourth-order valence-electron chi connectivity index (χ4n) is 1.71. The van der Waals surface area contributed by atoms with E-state index in [2.05, 4.69) is 0 Å². The van der Waals surface area contributed by atoms with Gasteiger partial charge in [0.2, 0.25) is 11.6 Å². The van der Waals surface area contributed by atoms with Gasteiger partial charge in [-0.1, -0.05) is 18.2 Å². The summed E-state index contributed by atoms with van der Waals surface area (Å²) in [4.78, 5) is 22.9. The number of carbonyl (C=O) groups is 2. The van der Waals surface area contributed by atoms with Crippen molar-refractivity contribution in [3.8, 4) is 5.75 Å². The van der Waals surface area contributed by atoms with Crippen molar-refractivity contribution in [2.45, 2.75) is 0 Å². The van der Waals surface area contributed by atoms with Crippen molar-refractivity contribution in [1.82, 2.24) is 0 Å². The van der Waals surface area contributed by atoms with Gasteiger partial charge in [0.25, 0.3) is 0 Å². The maximum atomic E-state index is 11.7. The van der Waals surface area contributed by atoms with Gasteiger partial charge in [0.05, 0.1) is 13.0 Å². The molecule has 2 aromatic rings. The Morgan fingerprint density at radius 3 is 2.44 bits per heavy atom. The molecule has 18 heavy (non-hydrogen) atoms. The molecule has 0 saturated heterocycles. The minimum atomic E-state index is -0.593. The zero-order chi connectivity index (χ0) is 13.1.